The van der Waals surface area contributed by atoms with Crippen LogP contribution in [0.15, 0.2) is 24.3 Å². The molecule has 1 atom stereocenters. The molecule has 0 radical (unpaired) electrons. The summed E-state index contributed by atoms with van der Waals surface area (Å²) in [6, 6.07) is 7.41. The normalized spacial score (nSPS) is 12.7. The summed E-state index contributed by atoms with van der Waals surface area (Å²) in [5, 5.41) is 3.52. The fourth-order valence-electron chi connectivity index (χ4n) is 2.46. The highest BCUT2D eigenvalue weighted by Gasteiger charge is 2.19. The lowest BCUT2D eigenvalue weighted by molar-refractivity contribution is 0.613. The number of benzene rings is 1. The second kappa shape index (κ2) is 5.85. The largest absolute Gasteiger partial charge is 0.306 e. The van der Waals surface area contributed by atoms with E-state index in [1.807, 2.05) is 24.3 Å². The van der Waals surface area contributed by atoms with E-state index in [0.717, 1.165) is 17.7 Å². The molecule has 0 saturated carbocycles. The molecular formula is C16H20FNS. The molecule has 0 amide bonds. The Kier molecular flexibility index (Phi) is 4.38. The molecule has 2 aromatic rings. The highest BCUT2D eigenvalue weighted by Crippen LogP contribution is 2.33. The summed E-state index contributed by atoms with van der Waals surface area (Å²) >= 11 is 1.81. The summed E-state index contributed by atoms with van der Waals surface area (Å²) < 4.78 is 13.3. The summed E-state index contributed by atoms with van der Waals surface area (Å²) in [6.07, 6.45) is 0. The zero-order valence-electron chi connectivity index (χ0n) is 11.9. The zero-order chi connectivity index (χ0) is 14.0. The lowest BCUT2D eigenvalue weighted by Crippen LogP contribution is -2.22. The Labute approximate surface area is 118 Å². The van der Waals surface area contributed by atoms with Crippen LogP contribution in [0.2, 0.25) is 0 Å². The van der Waals surface area contributed by atoms with Crippen LogP contribution < -0.4 is 5.32 Å². The van der Waals surface area contributed by atoms with Crippen LogP contribution in [0.1, 0.15) is 39.4 Å². The molecule has 0 fully saturated rings. The van der Waals surface area contributed by atoms with Crippen LogP contribution >= 0.6 is 11.3 Å². The van der Waals surface area contributed by atoms with Gasteiger partial charge in [0.1, 0.15) is 5.82 Å². The number of thiophene rings is 1. The number of nitrogens with one attached hydrogen (secondary N) is 1. The summed E-state index contributed by atoms with van der Waals surface area (Å²) in [7, 11) is 0. The van der Waals surface area contributed by atoms with Crippen molar-refractivity contribution in [3.63, 3.8) is 0 Å². The third-order valence-electron chi connectivity index (χ3n) is 3.29. The molecule has 1 aromatic heterocycles. The maximum Gasteiger partial charge on any atom is 0.123 e. The van der Waals surface area contributed by atoms with Gasteiger partial charge in [-0.2, -0.15) is 0 Å². The third-order valence-corrected chi connectivity index (χ3v) is 4.51. The van der Waals surface area contributed by atoms with E-state index in [4.69, 9.17) is 0 Å². The van der Waals surface area contributed by atoms with Gasteiger partial charge in [0.2, 0.25) is 0 Å². The Morgan fingerprint density at radius 1 is 1.16 bits per heavy atom. The highest BCUT2D eigenvalue weighted by molar-refractivity contribution is 7.12. The first-order valence-corrected chi connectivity index (χ1v) is 7.41. The number of hydrogen-bond donors (Lipinski definition) is 1. The highest BCUT2D eigenvalue weighted by atomic mass is 32.1. The van der Waals surface area contributed by atoms with Gasteiger partial charge < -0.3 is 5.32 Å². The molecule has 102 valence electrons. The maximum atomic E-state index is 13.3. The average Bonchev–Trinajstić information content (AvgIpc) is 2.66. The Hall–Kier alpha value is -1.19. The molecule has 0 spiro atoms. The van der Waals surface area contributed by atoms with Gasteiger partial charge >= 0.3 is 0 Å². The second-order valence-electron chi connectivity index (χ2n) is 4.90. The minimum Gasteiger partial charge on any atom is -0.306 e. The van der Waals surface area contributed by atoms with Crippen LogP contribution in [0, 0.1) is 26.6 Å². The smallest absolute Gasteiger partial charge is 0.123 e. The van der Waals surface area contributed by atoms with Crippen molar-refractivity contribution in [1.82, 2.24) is 5.32 Å². The maximum absolute atomic E-state index is 13.3. The van der Waals surface area contributed by atoms with E-state index in [9.17, 15) is 4.39 Å². The fourth-order valence-corrected chi connectivity index (χ4v) is 3.59. The van der Waals surface area contributed by atoms with Crippen molar-refractivity contribution in [3.8, 4) is 0 Å². The molecule has 1 unspecified atom stereocenters. The van der Waals surface area contributed by atoms with Crippen molar-refractivity contribution < 1.29 is 4.39 Å². The lowest BCUT2D eigenvalue weighted by atomic mass is 9.98. The quantitative estimate of drug-likeness (QED) is 0.867. The van der Waals surface area contributed by atoms with Crippen LogP contribution in [0.3, 0.4) is 0 Å². The average molecular weight is 277 g/mol. The summed E-state index contributed by atoms with van der Waals surface area (Å²) in [5.41, 5.74) is 3.46. The Balaban J connectivity index is 2.48. The predicted octanol–water partition coefficient (Wildman–Crippen LogP) is 4.51. The zero-order valence-corrected chi connectivity index (χ0v) is 12.7. The lowest BCUT2D eigenvalue weighted by Gasteiger charge is -2.20. The topological polar surface area (TPSA) is 12.0 Å². The Morgan fingerprint density at radius 2 is 1.89 bits per heavy atom. The van der Waals surface area contributed by atoms with E-state index in [-0.39, 0.29) is 11.9 Å². The number of aryl methyl sites for hydroxylation is 3. The summed E-state index contributed by atoms with van der Waals surface area (Å²) in [4.78, 5) is 2.64. The first kappa shape index (κ1) is 14.2. The van der Waals surface area contributed by atoms with Crippen molar-refractivity contribution in [2.24, 2.45) is 0 Å². The van der Waals surface area contributed by atoms with Gasteiger partial charge in [0.25, 0.3) is 0 Å². The van der Waals surface area contributed by atoms with E-state index in [1.165, 1.54) is 15.3 Å². The first-order valence-electron chi connectivity index (χ1n) is 6.59. The van der Waals surface area contributed by atoms with Gasteiger partial charge in [-0.15, -0.1) is 11.3 Å². The van der Waals surface area contributed by atoms with Crippen LogP contribution in [0.4, 0.5) is 4.39 Å². The molecule has 0 aliphatic heterocycles. The number of rotatable bonds is 4. The minimum atomic E-state index is -0.171. The van der Waals surface area contributed by atoms with Gasteiger partial charge in [0.15, 0.2) is 0 Å². The molecule has 1 heterocycles. The monoisotopic (exact) mass is 277 g/mol. The molecule has 3 heteroatoms. The fraction of sp³-hybridized carbons (Fsp3) is 0.375. The van der Waals surface area contributed by atoms with Crippen molar-refractivity contribution >= 4 is 11.3 Å². The molecule has 1 aromatic carbocycles. The van der Waals surface area contributed by atoms with Crippen LogP contribution in [-0.4, -0.2) is 6.54 Å². The van der Waals surface area contributed by atoms with Gasteiger partial charge in [0, 0.05) is 9.75 Å². The number of hydrogen-bond acceptors (Lipinski definition) is 2. The van der Waals surface area contributed by atoms with E-state index >= 15 is 0 Å². The second-order valence-corrected chi connectivity index (χ2v) is 6.18. The van der Waals surface area contributed by atoms with Crippen molar-refractivity contribution in [3.05, 3.63) is 56.5 Å². The van der Waals surface area contributed by atoms with E-state index in [0.29, 0.717) is 0 Å². The van der Waals surface area contributed by atoms with Crippen molar-refractivity contribution in [2.45, 2.75) is 33.7 Å². The van der Waals surface area contributed by atoms with E-state index in [2.05, 4.69) is 32.2 Å². The number of halogens is 1. The molecule has 1 nitrogen and oxygen atoms in total. The van der Waals surface area contributed by atoms with Gasteiger partial charge in [0.05, 0.1) is 6.04 Å². The van der Waals surface area contributed by atoms with Crippen molar-refractivity contribution in [1.29, 1.82) is 0 Å². The molecule has 19 heavy (non-hydrogen) atoms. The first-order chi connectivity index (χ1) is 9.02. The van der Waals surface area contributed by atoms with Gasteiger partial charge in [-0.25, -0.2) is 4.39 Å². The van der Waals surface area contributed by atoms with Crippen molar-refractivity contribution in [2.75, 3.05) is 6.54 Å². The Bertz CT molecular complexity index is 574. The summed E-state index contributed by atoms with van der Waals surface area (Å²) in [5.74, 6) is -0.171. The standard InChI is InChI=1S/C16H20FNS/c1-5-18-15(16-11(3)8-12(4)19-16)14-7-6-13(17)9-10(14)2/h6-9,15,18H,5H2,1-4H3. The molecule has 0 bridgehead atoms. The van der Waals surface area contributed by atoms with Crippen LogP contribution in [0.5, 0.6) is 0 Å². The molecular weight excluding hydrogens is 257 g/mol. The molecule has 2 rings (SSSR count). The van der Waals surface area contributed by atoms with Crippen LogP contribution in [0.25, 0.3) is 0 Å². The van der Waals surface area contributed by atoms with Gasteiger partial charge in [-0.3, -0.25) is 0 Å². The van der Waals surface area contributed by atoms with Crippen LogP contribution in [-0.2, 0) is 0 Å². The van der Waals surface area contributed by atoms with Gasteiger partial charge in [-0.1, -0.05) is 13.0 Å². The summed E-state index contributed by atoms with van der Waals surface area (Å²) in [6.45, 7) is 9.22. The minimum absolute atomic E-state index is 0.157. The third kappa shape index (κ3) is 3.04. The van der Waals surface area contributed by atoms with E-state index < -0.39 is 0 Å². The molecule has 0 aliphatic rings. The Morgan fingerprint density at radius 3 is 2.42 bits per heavy atom. The predicted molar refractivity (Wildman–Crippen MR) is 80.4 cm³/mol. The molecule has 0 saturated heterocycles. The van der Waals surface area contributed by atoms with Gasteiger partial charge in [-0.05, 0) is 62.2 Å². The SMILES string of the molecule is CCNC(c1ccc(F)cc1C)c1sc(C)cc1C. The van der Waals surface area contributed by atoms with E-state index in [1.54, 1.807) is 12.1 Å². The molecule has 1 N–H and O–H groups in total. The molecule has 0 aliphatic carbocycles.